The van der Waals surface area contributed by atoms with Crippen LogP contribution in [0.2, 0.25) is 0 Å². The summed E-state index contributed by atoms with van der Waals surface area (Å²) in [4.78, 5) is 43.6. The van der Waals surface area contributed by atoms with Gasteiger partial charge in [-0.25, -0.2) is 0 Å². The van der Waals surface area contributed by atoms with Gasteiger partial charge in [0, 0.05) is 31.1 Å². The van der Waals surface area contributed by atoms with Crippen LogP contribution >= 0.6 is 0 Å². The number of amides is 2. The first-order valence-corrected chi connectivity index (χ1v) is 11.7. The lowest BCUT2D eigenvalue weighted by Gasteiger charge is -2.51. The molecule has 3 aliphatic rings. The molecule has 1 aromatic rings. The summed E-state index contributed by atoms with van der Waals surface area (Å²) in [5.41, 5.74) is 0.745. The molecule has 32 heavy (non-hydrogen) atoms. The zero-order valence-electron chi connectivity index (χ0n) is 19.4. The van der Waals surface area contributed by atoms with Gasteiger partial charge in [0.2, 0.25) is 11.8 Å². The lowest BCUT2D eigenvalue weighted by molar-refractivity contribution is -0.163. The Morgan fingerprint density at radius 2 is 1.81 bits per heavy atom. The van der Waals surface area contributed by atoms with Gasteiger partial charge in [0.1, 0.15) is 5.41 Å². The summed E-state index contributed by atoms with van der Waals surface area (Å²) in [6.07, 6.45) is 5.95. The van der Waals surface area contributed by atoms with Gasteiger partial charge in [-0.05, 0) is 43.1 Å². The summed E-state index contributed by atoms with van der Waals surface area (Å²) in [7, 11) is 1.42. The van der Waals surface area contributed by atoms with E-state index in [9.17, 15) is 14.4 Å². The van der Waals surface area contributed by atoms with Gasteiger partial charge in [-0.2, -0.15) is 0 Å². The number of fused-ring (bicyclic) bond motifs is 1. The van der Waals surface area contributed by atoms with E-state index in [1.54, 1.807) is 4.90 Å². The van der Waals surface area contributed by atoms with Gasteiger partial charge >= 0.3 is 5.97 Å². The first-order chi connectivity index (χ1) is 15.3. The molecular weight excluding hydrogens is 404 g/mol. The molecule has 0 unspecified atom stereocenters. The first-order valence-electron chi connectivity index (χ1n) is 11.7. The van der Waals surface area contributed by atoms with Crippen molar-refractivity contribution in [2.75, 3.05) is 20.2 Å². The van der Waals surface area contributed by atoms with E-state index in [-0.39, 0.29) is 29.6 Å². The molecule has 0 radical (unpaired) electrons. The van der Waals surface area contributed by atoms with Gasteiger partial charge in [0.25, 0.3) is 0 Å². The minimum Gasteiger partial charge on any atom is -0.468 e. The molecule has 6 nitrogen and oxygen atoms in total. The molecule has 1 aromatic carbocycles. The van der Waals surface area contributed by atoms with E-state index in [4.69, 9.17) is 4.74 Å². The second kappa shape index (κ2) is 8.72. The van der Waals surface area contributed by atoms with Crippen LogP contribution in [-0.4, -0.2) is 47.8 Å². The Balaban J connectivity index is 1.72. The third kappa shape index (κ3) is 4.19. The second-order valence-corrected chi connectivity index (χ2v) is 10.3. The molecule has 2 aliphatic heterocycles. The average molecular weight is 439 g/mol. The molecule has 0 saturated carbocycles. The predicted octanol–water partition coefficient (Wildman–Crippen LogP) is 3.91. The number of esters is 1. The quantitative estimate of drug-likeness (QED) is 0.654. The normalized spacial score (nSPS) is 27.0. The molecule has 0 spiro atoms. The smallest absolute Gasteiger partial charge is 0.317 e. The summed E-state index contributed by atoms with van der Waals surface area (Å²) in [5.74, 6) is -0.882. The Labute approximate surface area is 190 Å². The van der Waals surface area contributed by atoms with Crippen LogP contribution < -0.4 is 0 Å². The lowest BCUT2D eigenvalue weighted by atomic mass is 9.59. The fourth-order valence-corrected chi connectivity index (χ4v) is 5.79. The van der Waals surface area contributed by atoms with Crippen LogP contribution in [0.25, 0.3) is 0 Å². The fourth-order valence-electron chi connectivity index (χ4n) is 5.79. The fraction of sp³-hybridized carbons (Fsp3) is 0.577. The third-order valence-corrected chi connectivity index (χ3v) is 7.26. The number of rotatable bonds is 5. The van der Waals surface area contributed by atoms with E-state index in [0.717, 1.165) is 43.6 Å². The number of benzene rings is 1. The maximum atomic E-state index is 13.7. The predicted molar refractivity (Wildman–Crippen MR) is 121 cm³/mol. The number of ether oxygens (including phenoxy) is 1. The molecule has 172 valence electrons. The highest BCUT2D eigenvalue weighted by molar-refractivity contribution is 5.92. The van der Waals surface area contributed by atoms with Crippen molar-refractivity contribution in [3.8, 4) is 0 Å². The molecule has 2 heterocycles. The zero-order valence-corrected chi connectivity index (χ0v) is 19.4. The third-order valence-electron chi connectivity index (χ3n) is 7.26. The molecule has 2 atom stereocenters. The van der Waals surface area contributed by atoms with Crippen LogP contribution in [0.3, 0.4) is 0 Å². The van der Waals surface area contributed by atoms with Crippen LogP contribution in [0, 0.1) is 16.7 Å². The van der Waals surface area contributed by atoms with Crippen molar-refractivity contribution in [1.29, 1.82) is 0 Å². The minimum atomic E-state index is -0.908. The average Bonchev–Trinajstić information content (AvgIpc) is 3.31. The van der Waals surface area contributed by atoms with E-state index in [1.165, 1.54) is 7.11 Å². The molecule has 0 N–H and O–H groups in total. The number of carbonyl (C=O) groups excluding carboxylic acids is 3. The Morgan fingerprint density at radius 1 is 1.12 bits per heavy atom. The molecule has 2 fully saturated rings. The van der Waals surface area contributed by atoms with Crippen LogP contribution in [0.1, 0.15) is 57.9 Å². The summed E-state index contributed by atoms with van der Waals surface area (Å²) in [5, 5.41) is 0. The van der Waals surface area contributed by atoms with Gasteiger partial charge in [-0.15, -0.1) is 0 Å². The second-order valence-electron chi connectivity index (χ2n) is 10.3. The monoisotopic (exact) mass is 438 g/mol. The van der Waals surface area contributed by atoms with E-state index in [1.807, 2.05) is 35.2 Å². The van der Waals surface area contributed by atoms with E-state index < -0.39 is 11.3 Å². The van der Waals surface area contributed by atoms with Crippen LogP contribution in [-0.2, 0) is 25.7 Å². The lowest BCUT2D eigenvalue weighted by Crippen LogP contribution is -2.55. The topological polar surface area (TPSA) is 66.9 Å². The van der Waals surface area contributed by atoms with Gasteiger partial charge in [0.15, 0.2) is 0 Å². The van der Waals surface area contributed by atoms with Crippen molar-refractivity contribution in [2.45, 2.75) is 58.9 Å². The van der Waals surface area contributed by atoms with Gasteiger partial charge in [-0.1, -0.05) is 50.3 Å². The molecule has 0 bridgehead atoms. The maximum absolute atomic E-state index is 13.7. The number of hydrogen-bond donors (Lipinski definition) is 0. The van der Waals surface area contributed by atoms with Crippen molar-refractivity contribution in [3.05, 3.63) is 47.7 Å². The van der Waals surface area contributed by atoms with E-state index in [2.05, 4.69) is 19.9 Å². The standard InChI is InChI=1S/C26H34N2O4/c1-25(2)12-11-21-26(18-25,24(31)32-3)16-20(15-22(29)27-13-7-8-14-27)23(30)28(21)17-19-9-5-4-6-10-19/h4-6,9-11,20H,7-8,12-18H2,1-3H3/t20-,26-/m1/s1. The highest BCUT2D eigenvalue weighted by Crippen LogP contribution is 2.55. The number of likely N-dealkylation sites (tertiary alicyclic amines) is 2. The maximum Gasteiger partial charge on any atom is 0.317 e. The molecule has 2 saturated heterocycles. The summed E-state index contributed by atoms with van der Waals surface area (Å²) < 4.78 is 5.32. The largest absolute Gasteiger partial charge is 0.468 e. The number of allylic oxidation sites excluding steroid dienone is 1. The van der Waals surface area contributed by atoms with E-state index >= 15 is 0 Å². The Kier molecular flexibility index (Phi) is 6.15. The molecule has 4 rings (SSSR count). The highest BCUT2D eigenvalue weighted by Gasteiger charge is 2.57. The molecule has 2 amide bonds. The summed E-state index contributed by atoms with van der Waals surface area (Å²) >= 11 is 0. The summed E-state index contributed by atoms with van der Waals surface area (Å²) in [6.45, 7) is 6.20. The Bertz CT molecular complexity index is 917. The molecule has 6 heteroatoms. The van der Waals surface area contributed by atoms with Crippen LogP contribution in [0.15, 0.2) is 42.1 Å². The molecule has 1 aliphatic carbocycles. The van der Waals surface area contributed by atoms with Crippen LogP contribution in [0.5, 0.6) is 0 Å². The minimum absolute atomic E-state index is 0.0167. The number of piperidine rings is 1. The van der Waals surface area contributed by atoms with Gasteiger partial charge in [-0.3, -0.25) is 14.4 Å². The van der Waals surface area contributed by atoms with Crippen molar-refractivity contribution in [3.63, 3.8) is 0 Å². The van der Waals surface area contributed by atoms with Crippen molar-refractivity contribution in [1.82, 2.24) is 9.80 Å². The Hall–Kier alpha value is -2.63. The van der Waals surface area contributed by atoms with E-state index in [0.29, 0.717) is 19.4 Å². The van der Waals surface area contributed by atoms with Crippen molar-refractivity contribution >= 4 is 17.8 Å². The highest BCUT2D eigenvalue weighted by atomic mass is 16.5. The van der Waals surface area contributed by atoms with Crippen molar-refractivity contribution < 1.29 is 19.1 Å². The van der Waals surface area contributed by atoms with Gasteiger partial charge < -0.3 is 14.5 Å². The zero-order chi connectivity index (χ0) is 22.9. The SMILES string of the molecule is COC(=O)[C@@]12C[C@@H](CC(=O)N3CCCC3)C(=O)N(Cc3ccccc3)C1=CCC(C)(C)C2. The Morgan fingerprint density at radius 3 is 2.47 bits per heavy atom. The van der Waals surface area contributed by atoms with Crippen LogP contribution in [0.4, 0.5) is 0 Å². The van der Waals surface area contributed by atoms with Crippen molar-refractivity contribution in [2.24, 2.45) is 16.7 Å². The molecular formula is C26H34N2O4. The number of methoxy groups -OCH3 is 1. The number of nitrogens with zero attached hydrogens (tertiary/aromatic N) is 2. The first kappa shape index (κ1) is 22.6. The number of carbonyl (C=O) groups is 3. The summed E-state index contributed by atoms with van der Waals surface area (Å²) in [6, 6.07) is 9.81. The number of hydrogen-bond acceptors (Lipinski definition) is 4. The molecule has 0 aromatic heterocycles. The van der Waals surface area contributed by atoms with Gasteiger partial charge in [0.05, 0.1) is 13.7 Å².